The molecule has 1 aliphatic rings. The highest BCUT2D eigenvalue weighted by atomic mass is 16.3. The van der Waals surface area contributed by atoms with Crippen LogP contribution in [0.2, 0.25) is 0 Å². The third kappa shape index (κ3) is 6.09. The first-order valence-corrected chi connectivity index (χ1v) is 9.83. The number of allylic oxidation sites excluding steroid dienone is 1. The van der Waals surface area contributed by atoms with Crippen molar-refractivity contribution in [3.05, 3.63) is 65.4 Å². The number of rotatable bonds is 7. The first-order valence-electron chi connectivity index (χ1n) is 9.83. The number of aliphatic hydroxyl groups excluding tert-OH is 1. The molecule has 31 heavy (non-hydrogen) atoms. The molecule has 2 aromatic rings. The molecule has 10 heteroatoms. The molecule has 0 spiro atoms. The summed E-state index contributed by atoms with van der Waals surface area (Å²) in [4.78, 5) is 36.7. The second-order valence-corrected chi connectivity index (χ2v) is 7.17. The maximum atomic E-state index is 12.4. The van der Waals surface area contributed by atoms with E-state index in [1.54, 1.807) is 18.2 Å². The molecule has 1 heterocycles. The van der Waals surface area contributed by atoms with Gasteiger partial charge in [-0.3, -0.25) is 14.6 Å². The van der Waals surface area contributed by atoms with E-state index in [1.807, 2.05) is 6.07 Å². The van der Waals surface area contributed by atoms with Crippen molar-refractivity contribution >= 4 is 23.8 Å². The minimum absolute atomic E-state index is 0.00613. The van der Waals surface area contributed by atoms with Gasteiger partial charge in [0.05, 0.1) is 18.3 Å². The molecule has 0 radical (unpaired) electrons. The SMILES string of the molecule is NC=C(C=NCc1cccc(C(=O)N[C@H]2CC[C@@H](O)C2)c1)NC(=O)c1nccnc1N. The van der Waals surface area contributed by atoms with Gasteiger partial charge in [0.1, 0.15) is 0 Å². The number of hydrogen-bond acceptors (Lipinski definition) is 8. The summed E-state index contributed by atoms with van der Waals surface area (Å²) in [7, 11) is 0. The molecule has 2 amide bonds. The Hall–Kier alpha value is -3.79. The number of nitrogens with zero attached hydrogens (tertiary/aromatic N) is 3. The fraction of sp³-hybridized carbons (Fsp3) is 0.286. The predicted octanol–water partition coefficient (Wildman–Crippen LogP) is 0.503. The summed E-state index contributed by atoms with van der Waals surface area (Å²) in [5.41, 5.74) is 12.8. The summed E-state index contributed by atoms with van der Waals surface area (Å²) in [5.74, 6) is -0.721. The number of carbonyl (C=O) groups excluding carboxylic acids is 2. The summed E-state index contributed by atoms with van der Waals surface area (Å²) >= 11 is 0. The fourth-order valence-corrected chi connectivity index (χ4v) is 3.25. The smallest absolute Gasteiger partial charge is 0.278 e. The van der Waals surface area contributed by atoms with Crippen LogP contribution in [0.15, 0.2) is 53.5 Å². The zero-order valence-corrected chi connectivity index (χ0v) is 16.9. The highest BCUT2D eigenvalue weighted by molar-refractivity contribution is 6.00. The molecule has 3 rings (SSSR count). The summed E-state index contributed by atoms with van der Waals surface area (Å²) in [6, 6.07) is 7.10. The van der Waals surface area contributed by atoms with E-state index in [9.17, 15) is 14.7 Å². The van der Waals surface area contributed by atoms with Gasteiger partial charge in [-0.15, -0.1) is 0 Å². The van der Waals surface area contributed by atoms with Crippen molar-refractivity contribution in [3.8, 4) is 0 Å². The maximum Gasteiger partial charge on any atom is 0.278 e. The number of aliphatic imine (C=N–C) groups is 1. The zero-order valence-electron chi connectivity index (χ0n) is 16.9. The van der Waals surface area contributed by atoms with Gasteiger partial charge in [-0.2, -0.15) is 0 Å². The first kappa shape index (κ1) is 21.9. The third-order valence-electron chi connectivity index (χ3n) is 4.81. The molecule has 0 bridgehead atoms. The summed E-state index contributed by atoms with van der Waals surface area (Å²) < 4.78 is 0. The molecular weight excluding hydrogens is 398 g/mol. The molecule has 0 unspecified atom stereocenters. The molecule has 1 fully saturated rings. The van der Waals surface area contributed by atoms with Gasteiger partial charge in [0.15, 0.2) is 11.5 Å². The number of benzene rings is 1. The summed E-state index contributed by atoms with van der Waals surface area (Å²) in [6.07, 6.45) is 7.08. The van der Waals surface area contributed by atoms with Gasteiger partial charge in [-0.25, -0.2) is 9.97 Å². The second-order valence-electron chi connectivity index (χ2n) is 7.17. The van der Waals surface area contributed by atoms with Crippen molar-refractivity contribution in [1.82, 2.24) is 20.6 Å². The Labute approximate surface area is 179 Å². The average Bonchev–Trinajstić information content (AvgIpc) is 3.17. The summed E-state index contributed by atoms with van der Waals surface area (Å²) in [5, 5.41) is 15.1. The van der Waals surface area contributed by atoms with Gasteiger partial charge < -0.3 is 27.2 Å². The van der Waals surface area contributed by atoms with Crippen LogP contribution in [0.4, 0.5) is 5.82 Å². The van der Waals surface area contributed by atoms with Gasteiger partial charge >= 0.3 is 0 Å². The van der Waals surface area contributed by atoms with Crippen LogP contribution < -0.4 is 22.1 Å². The number of aliphatic hydroxyl groups is 1. The van der Waals surface area contributed by atoms with Crippen LogP contribution >= 0.6 is 0 Å². The monoisotopic (exact) mass is 423 g/mol. The van der Waals surface area contributed by atoms with E-state index in [0.29, 0.717) is 18.4 Å². The molecule has 2 atom stereocenters. The number of carbonyl (C=O) groups is 2. The lowest BCUT2D eigenvalue weighted by Gasteiger charge is -2.12. The van der Waals surface area contributed by atoms with Gasteiger partial charge in [0, 0.05) is 36.4 Å². The molecule has 1 saturated carbocycles. The fourth-order valence-electron chi connectivity index (χ4n) is 3.25. The number of anilines is 1. The molecule has 1 aliphatic carbocycles. The van der Waals surface area contributed by atoms with Crippen LogP contribution in [0, 0.1) is 0 Å². The van der Waals surface area contributed by atoms with Crippen molar-refractivity contribution in [1.29, 1.82) is 0 Å². The minimum atomic E-state index is -0.551. The molecule has 10 nitrogen and oxygen atoms in total. The number of hydrogen-bond donors (Lipinski definition) is 5. The molecule has 1 aromatic heterocycles. The van der Waals surface area contributed by atoms with Crippen LogP contribution in [0.25, 0.3) is 0 Å². The van der Waals surface area contributed by atoms with E-state index < -0.39 is 5.91 Å². The maximum absolute atomic E-state index is 12.4. The van der Waals surface area contributed by atoms with Crippen molar-refractivity contribution < 1.29 is 14.7 Å². The van der Waals surface area contributed by atoms with Crippen LogP contribution in [0.1, 0.15) is 45.7 Å². The molecule has 0 saturated heterocycles. The highest BCUT2D eigenvalue weighted by Gasteiger charge is 2.24. The average molecular weight is 423 g/mol. The largest absolute Gasteiger partial charge is 0.403 e. The number of nitrogens with two attached hydrogens (primary N) is 2. The number of nitrogen functional groups attached to an aromatic ring is 1. The lowest BCUT2D eigenvalue weighted by atomic mass is 10.1. The molecule has 7 N–H and O–H groups in total. The van der Waals surface area contributed by atoms with Gasteiger partial charge in [0.2, 0.25) is 0 Å². The van der Waals surface area contributed by atoms with E-state index in [1.165, 1.54) is 24.8 Å². The Morgan fingerprint density at radius 1 is 1.23 bits per heavy atom. The number of aromatic nitrogens is 2. The van der Waals surface area contributed by atoms with Crippen LogP contribution in [0.5, 0.6) is 0 Å². The topological polar surface area (TPSA) is 169 Å². The predicted molar refractivity (Wildman–Crippen MR) is 116 cm³/mol. The molecular formula is C21H25N7O3. The van der Waals surface area contributed by atoms with E-state index in [0.717, 1.165) is 12.0 Å². The molecule has 0 aliphatic heterocycles. The van der Waals surface area contributed by atoms with Crippen molar-refractivity contribution in [2.45, 2.75) is 38.0 Å². The third-order valence-corrected chi connectivity index (χ3v) is 4.81. The molecule has 162 valence electrons. The van der Waals surface area contributed by atoms with Crippen LogP contribution in [0.3, 0.4) is 0 Å². The van der Waals surface area contributed by atoms with Gasteiger partial charge in [0.25, 0.3) is 11.8 Å². The van der Waals surface area contributed by atoms with Gasteiger partial charge in [-0.05, 0) is 37.0 Å². The minimum Gasteiger partial charge on any atom is -0.403 e. The van der Waals surface area contributed by atoms with Crippen molar-refractivity contribution in [2.75, 3.05) is 5.73 Å². The Bertz CT molecular complexity index is 1010. The van der Waals surface area contributed by atoms with Crippen molar-refractivity contribution in [2.24, 2.45) is 10.7 Å². The molecule has 1 aromatic carbocycles. The first-order chi connectivity index (χ1) is 15.0. The standard InChI is InChI=1S/C21H25N7O3/c22-10-16(28-21(31)18-19(23)26-7-6-25-18)12-24-11-13-2-1-3-14(8-13)20(30)27-15-4-5-17(29)9-15/h1-3,6-8,10,12,15,17,29H,4-5,9,11,22H2,(H2,23,26)(H,27,30)(H,28,31)/t15-,17+/m0/s1. The quantitative estimate of drug-likeness (QED) is 0.404. The van der Waals surface area contributed by atoms with E-state index >= 15 is 0 Å². The number of nitrogens with one attached hydrogen (secondary N) is 2. The lowest BCUT2D eigenvalue weighted by molar-refractivity contribution is 0.0931. The van der Waals surface area contributed by atoms with Crippen LogP contribution in [-0.2, 0) is 6.54 Å². The van der Waals surface area contributed by atoms with Crippen molar-refractivity contribution in [3.63, 3.8) is 0 Å². The van der Waals surface area contributed by atoms with E-state index in [2.05, 4.69) is 25.6 Å². The Balaban J connectivity index is 1.57. The summed E-state index contributed by atoms with van der Waals surface area (Å²) in [6.45, 7) is 0.282. The zero-order chi connectivity index (χ0) is 22.2. The lowest BCUT2D eigenvalue weighted by Crippen LogP contribution is -2.33. The van der Waals surface area contributed by atoms with E-state index in [-0.39, 0.29) is 41.8 Å². The normalized spacial score (nSPS) is 18.8. The van der Waals surface area contributed by atoms with Crippen LogP contribution in [-0.4, -0.2) is 45.2 Å². The van der Waals surface area contributed by atoms with E-state index in [4.69, 9.17) is 11.5 Å². The number of amides is 2. The highest BCUT2D eigenvalue weighted by Crippen LogP contribution is 2.19. The van der Waals surface area contributed by atoms with Gasteiger partial charge in [-0.1, -0.05) is 12.1 Å². The Kier molecular flexibility index (Phi) is 7.28. The second kappa shape index (κ2) is 10.3. The Morgan fingerprint density at radius 2 is 2.03 bits per heavy atom. The Morgan fingerprint density at radius 3 is 2.74 bits per heavy atom.